The Kier molecular flexibility index (Phi) is 8.81. The third-order valence-corrected chi connectivity index (χ3v) is 3.23. The van der Waals surface area contributed by atoms with Gasteiger partial charge in [-0.3, -0.25) is 5.32 Å². The number of rotatable bonds is 7. The molecule has 0 bridgehead atoms. The van der Waals surface area contributed by atoms with E-state index in [0.717, 1.165) is 19.1 Å². The number of alkyl halides is 3. The number of halogens is 3. The van der Waals surface area contributed by atoms with E-state index in [4.69, 9.17) is 4.74 Å². The number of hydrogen-bond donors (Lipinski definition) is 1. The van der Waals surface area contributed by atoms with Gasteiger partial charge in [0.05, 0.1) is 13.2 Å². The predicted octanol–water partition coefficient (Wildman–Crippen LogP) is 3.13. The Morgan fingerprint density at radius 3 is 1.96 bits per heavy atom. The Bertz CT molecular complexity index is 568. The van der Waals surface area contributed by atoms with Gasteiger partial charge in [-0.15, -0.1) is 0 Å². The van der Waals surface area contributed by atoms with Crippen molar-refractivity contribution in [3.05, 3.63) is 12.2 Å². The summed E-state index contributed by atoms with van der Waals surface area (Å²) < 4.78 is 55.9. The largest absolute Gasteiger partial charge is 0.464 e. The molecule has 0 rings (SSSR count). The van der Waals surface area contributed by atoms with Crippen molar-refractivity contribution in [3.8, 4) is 0 Å². The molecule has 0 fully saturated rings. The molecule has 2 unspecified atom stereocenters. The number of alkyl carbamates (subject to hydrolysis) is 1. The third-order valence-electron chi connectivity index (χ3n) is 3.23. The molecule has 0 aromatic heterocycles. The van der Waals surface area contributed by atoms with Crippen LogP contribution in [0.5, 0.6) is 0 Å². The molecule has 0 aromatic carbocycles. The van der Waals surface area contributed by atoms with Gasteiger partial charge >= 0.3 is 24.2 Å². The van der Waals surface area contributed by atoms with Crippen LogP contribution in [0.1, 0.15) is 41.5 Å². The van der Waals surface area contributed by atoms with Crippen molar-refractivity contribution in [2.45, 2.75) is 58.9 Å². The van der Waals surface area contributed by atoms with Gasteiger partial charge in [0.25, 0.3) is 0 Å². The lowest BCUT2D eigenvalue weighted by Crippen LogP contribution is -2.68. The van der Waals surface area contributed by atoms with Crippen molar-refractivity contribution in [1.29, 1.82) is 0 Å². The summed E-state index contributed by atoms with van der Waals surface area (Å²) in [5.74, 6) is -4.31. The average Bonchev–Trinajstić information content (AvgIpc) is 2.47. The van der Waals surface area contributed by atoms with Crippen molar-refractivity contribution < 1.29 is 41.8 Å². The lowest BCUT2D eigenvalue weighted by molar-refractivity contribution is -0.219. The topological polar surface area (TPSA) is 90.9 Å². The van der Waals surface area contributed by atoms with Gasteiger partial charge < -0.3 is 14.2 Å². The molecular weight excluding hydrogens is 371 g/mol. The van der Waals surface area contributed by atoms with E-state index in [2.05, 4.69) is 9.47 Å². The first kappa shape index (κ1) is 24.7. The normalized spacial score (nSPS) is 15.6. The number of esters is 2. The van der Waals surface area contributed by atoms with Crippen molar-refractivity contribution >= 4 is 18.0 Å². The number of ether oxygens (including phenoxy) is 3. The maximum Gasteiger partial charge on any atom is 0.423 e. The van der Waals surface area contributed by atoms with E-state index in [-0.39, 0.29) is 13.2 Å². The van der Waals surface area contributed by atoms with Gasteiger partial charge in [-0.05, 0) is 34.6 Å². The molecule has 27 heavy (non-hydrogen) atoms. The van der Waals surface area contributed by atoms with Crippen LogP contribution in [0.2, 0.25) is 0 Å². The Morgan fingerprint density at radius 2 is 1.56 bits per heavy atom. The van der Waals surface area contributed by atoms with Gasteiger partial charge in [0, 0.05) is 12.0 Å². The minimum atomic E-state index is -5.24. The molecule has 1 N–H and O–H groups in total. The first-order valence-electron chi connectivity index (χ1n) is 8.31. The molecule has 10 heteroatoms. The molecule has 0 aromatic rings. The van der Waals surface area contributed by atoms with Crippen LogP contribution >= 0.6 is 0 Å². The molecule has 2 atom stereocenters. The highest BCUT2D eigenvalue weighted by Gasteiger charge is 2.65. The smallest absolute Gasteiger partial charge is 0.423 e. The summed E-state index contributed by atoms with van der Waals surface area (Å²) in [6.07, 6.45) is -5.12. The van der Waals surface area contributed by atoms with E-state index in [1.54, 1.807) is 5.32 Å². The summed E-state index contributed by atoms with van der Waals surface area (Å²) in [7, 11) is 0. The molecule has 0 saturated carbocycles. The molecule has 0 spiro atoms. The van der Waals surface area contributed by atoms with Crippen LogP contribution in [-0.4, -0.2) is 48.6 Å². The molecule has 0 aliphatic carbocycles. The van der Waals surface area contributed by atoms with Gasteiger partial charge in [0.2, 0.25) is 5.54 Å². The van der Waals surface area contributed by atoms with Crippen molar-refractivity contribution in [2.75, 3.05) is 13.2 Å². The first-order valence-corrected chi connectivity index (χ1v) is 8.31. The minimum absolute atomic E-state index is 0.0238. The monoisotopic (exact) mass is 397 g/mol. The summed E-state index contributed by atoms with van der Waals surface area (Å²) >= 11 is 0. The second-order valence-electron chi connectivity index (χ2n) is 6.55. The quantitative estimate of drug-likeness (QED) is 0.403. The predicted molar refractivity (Wildman–Crippen MR) is 89.7 cm³/mol. The number of carbonyl (C=O) groups is 3. The summed E-state index contributed by atoms with van der Waals surface area (Å²) in [5, 5.41) is 1.60. The van der Waals surface area contributed by atoms with E-state index in [0.29, 0.717) is 0 Å². The Labute approximate surface area is 156 Å². The fraction of sp³-hybridized carbons (Fsp3) is 0.706. The van der Waals surface area contributed by atoms with Crippen LogP contribution < -0.4 is 5.32 Å². The fourth-order valence-corrected chi connectivity index (χ4v) is 2.06. The molecule has 0 aliphatic heterocycles. The molecule has 0 radical (unpaired) electrons. The SMILES string of the molecule is CCOC(=O)/C=C/C(C)C(NC(=O)OC(C)(C)C)(C(=O)OCC)C(F)(F)F. The average molecular weight is 397 g/mol. The van der Waals surface area contributed by atoms with Crippen molar-refractivity contribution in [1.82, 2.24) is 5.32 Å². The second kappa shape index (κ2) is 9.61. The lowest BCUT2D eigenvalue weighted by atomic mass is 9.83. The maximum absolute atomic E-state index is 13.9. The van der Waals surface area contributed by atoms with Crippen LogP contribution in [0.15, 0.2) is 12.2 Å². The fourth-order valence-electron chi connectivity index (χ4n) is 2.06. The summed E-state index contributed by atoms with van der Waals surface area (Å²) in [6, 6.07) is 0. The highest BCUT2D eigenvalue weighted by Crippen LogP contribution is 2.38. The van der Waals surface area contributed by atoms with Crippen LogP contribution in [0.3, 0.4) is 0 Å². The lowest BCUT2D eigenvalue weighted by Gasteiger charge is -2.37. The Hall–Kier alpha value is -2.26. The second-order valence-corrected chi connectivity index (χ2v) is 6.55. The molecule has 0 saturated heterocycles. The number of hydrogen-bond acceptors (Lipinski definition) is 6. The zero-order chi connectivity index (χ0) is 21.5. The standard InChI is InChI=1S/C17H26F3NO6/c1-7-25-12(22)10-9-11(3)16(17(18,19)20,13(23)26-8-2)21-14(24)27-15(4,5)6/h9-11H,7-8H2,1-6H3,(H,21,24)/b10-9+. The van der Waals surface area contributed by atoms with Gasteiger partial charge in [0.15, 0.2) is 0 Å². The Morgan fingerprint density at radius 1 is 1.04 bits per heavy atom. The first-order chi connectivity index (χ1) is 12.2. The number of amides is 1. The highest BCUT2D eigenvalue weighted by molar-refractivity contribution is 5.88. The molecule has 156 valence electrons. The van der Waals surface area contributed by atoms with Crippen LogP contribution in [0, 0.1) is 5.92 Å². The summed E-state index contributed by atoms with van der Waals surface area (Å²) in [5.41, 5.74) is -4.55. The van der Waals surface area contributed by atoms with E-state index in [1.807, 2.05) is 0 Å². The van der Waals surface area contributed by atoms with Crippen LogP contribution in [0.25, 0.3) is 0 Å². The minimum Gasteiger partial charge on any atom is -0.464 e. The van der Waals surface area contributed by atoms with Gasteiger partial charge in [-0.1, -0.05) is 13.0 Å². The van der Waals surface area contributed by atoms with Gasteiger partial charge in [-0.2, -0.15) is 13.2 Å². The number of carbonyl (C=O) groups excluding carboxylic acids is 3. The zero-order valence-corrected chi connectivity index (χ0v) is 16.2. The van der Waals surface area contributed by atoms with Gasteiger partial charge in [0.1, 0.15) is 5.60 Å². The van der Waals surface area contributed by atoms with Crippen molar-refractivity contribution in [2.24, 2.45) is 5.92 Å². The Balaban J connectivity index is 6.05. The summed E-state index contributed by atoms with van der Waals surface area (Å²) in [4.78, 5) is 35.7. The molecule has 0 aliphatic rings. The maximum atomic E-state index is 13.9. The van der Waals surface area contributed by atoms with E-state index >= 15 is 0 Å². The van der Waals surface area contributed by atoms with Crippen LogP contribution in [0.4, 0.5) is 18.0 Å². The van der Waals surface area contributed by atoms with E-state index in [9.17, 15) is 27.6 Å². The zero-order valence-electron chi connectivity index (χ0n) is 16.2. The number of nitrogens with one attached hydrogen (secondary N) is 1. The van der Waals surface area contributed by atoms with Crippen molar-refractivity contribution in [3.63, 3.8) is 0 Å². The molecule has 7 nitrogen and oxygen atoms in total. The summed E-state index contributed by atoms with van der Waals surface area (Å²) in [6.45, 7) is 7.90. The van der Waals surface area contributed by atoms with E-state index in [1.165, 1.54) is 34.6 Å². The molecular formula is C17H26F3NO6. The van der Waals surface area contributed by atoms with Gasteiger partial charge in [-0.25, -0.2) is 14.4 Å². The van der Waals surface area contributed by atoms with Crippen LogP contribution in [-0.2, 0) is 23.8 Å². The molecule has 0 heterocycles. The van der Waals surface area contributed by atoms with E-state index < -0.39 is 41.3 Å². The highest BCUT2D eigenvalue weighted by atomic mass is 19.4. The third kappa shape index (κ3) is 7.10. The molecule has 1 amide bonds.